The second kappa shape index (κ2) is 5.61. The van der Waals surface area contributed by atoms with Crippen LogP contribution in [0.2, 0.25) is 0 Å². The first-order valence-corrected chi connectivity index (χ1v) is 7.16. The van der Waals surface area contributed by atoms with Crippen molar-refractivity contribution in [3.63, 3.8) is 0 Å². The molecule has 0 unspecified atom stereocenters. The first-order valence-electron chi connectivity index (χ1n) is 7.16. The molecular weight excluding hydrogens is 246 g/mol. The normalized spacial score (nSPS) is 12.4. The molecule has 0 saturated carbocycles. The van der Waals surface area contributed by atoms with Crippen LogP contribution in [0.25, 0.3) is 5.57 Å². The zero-order valence-electron chi connectivity index (χ0n) is 14.1. The van der Waals surface area contributed by atoms with Gasteiger partial charge >= 0.3 is 0 Å². The number of hydrogen-bond donors (Lipinski definition) is 1. The van der Waals surface area contributed by atoms with Crippen LogP contribution in [-0.4, -0.2) is 0 Å². The Morgan fingerprint density at radius 3 is 2.05 bits per heavy atom. The van der Waals surface area contributed by atoms with Crippen molar-refractivity contribution in [2.24, 2.45) is 11.3 Å². The average Bonchev–Trinajstić information content (AvgIpc) is 2.24. The molecule has 1 aromatic carbocycles. The van der Waals surface area contributed by atoms with Gasteiger partial charge in [-0.15, -0.1) is 0 Å². The predicted molar refractivity (Wildman–Crippen MR) is 87.8 cm³/mol. The Bertz CT molecular complexity index is 501. The molecule has 0 aliphatic rings. The number of nitrogens with two attached hydrogens (primary N) is 1. The fourth-order valence-electron chi connectivity index (χ4n) is 2.28. The van der Waals surface area contributed by atoms with E-state index in [1.165, 1.54) is 5.56 Å². The van der Waals surface area contributed by atoms with E-state index in [9.17, 15) is 0 Å². The van der Waals surface area contributed by atoms with Crippen molar-refractivity contribution in [3.8, 4) is 5.75 Å². The smallest absolute Gasteiger partial charge is 0.157 e. The van der Waals surface area contributed by atoms with E-state index in [0.717, 1.165) is 28.9 Å². The Morgan fingerprint density at radius 2 is 1.70 bits per heavy atom. The Balaban J connectivity index is 3.54. The molecule has 0 radical (unpaired) electrons. The highest BCUT2D eigenvalue weighted by Gasteiger charge is 2.22. The Kier molecular flexibility index (Phi) is 4.70. The van der Waals surface area contributed by atoms with E-state index in [1.54, 1.807) is 0 Å². The third-order valence-corrected chi connectivity index (χ3v) is 3.33. The van der Waals surface area contributed by atoms with E-state index in [4.69, 9.17) is 10.7 Å². The van der Waals surface area contributed by atoms with Crippen LogP contribution < -0.4 is 10.7 Å². The summed E-state index contributed by atoms with van der Waals surface area (Å²) in [6.07, 6.45) is 0.920. The van der Waals surface area contributed by atoms with Crippen LogP contribution in [0.15, 0.2) is 18.7 Å². The molecule has 1 rings (SSSR count). The first-order chi connectivity index (χ1) is 8.95. The van der Waals surface area contributed by atoms with E-state index in [2.05, 4.69) is 60.3 Å². The van der Waals surface area contributed by atoms with Crippen LogP contribution in [-0.2, 0) is 11.8 Å². The second-order valence-electron chi connectivity index (χ2n) is 7.90. The molecule has 0 aliphatic heterocycles. The summed E-state index contributed by atoms with van der Waals surface area (Å²) < 4.78 is 0. The minimum atomic E-state index is 0.0873. The van der Waals surface area contributed by atoms with E-state index in [-0.39, 0.29) is 10.8 Å². The van der Waals surface area contributed by atoms with Crippen LogP contribution >= 0.6 is 0 Å². The molecule has 1 aromatic rings. The summed E-state index contributed by atoms with van der Waals surface area (Å²) in [5.41, 5.74) is 4.70. The summed E-state index contributed by atoms with van der Waals surface area (Å²) in [6, 6.07) is 4.37. The van der Waals surface area contributed by atoms with Crippen molar-refractivity contribution < 1.29 is 4.84 Å². The molecule has 0 saturated heterocycles. The highest BCUT2D eigenvalue weighted by Crippen LogP contribution is 2.37. The molecule has 0 spiro atoms. The lowest BCUT2D eigenvalue weighted by atomic mass is 9.80. The van der Waals surface area contributed by atoms with E-state index >= 15 is 0 Å². The van der Waals surface area contributed by atoms with Gasteiger partial charge in [0.25, 0.3) is 0 Å². The van der Waals surface area contributed by atoms with Gasteiger partial charge in [-0.1, -0.05) is 54.2 Å². The van der Waals surface area contributed by atoms with Gasteiger partial charge in [-0.3, -0.25) is 0 Å². The summed E-state index contributed by atoms with van der Waals surface area (Å²) in [6.45, 7) is 19.4. The second-order valence-corrected chi connectivity index (χ2v) is 7.90. The molecule has 2 N–H and O–H groups in total. The molecule has 0 atom stereocenters. The van der Waals surface area contributed by atoms with E-state index < -0.39 is 0 Å². The first kappa shape index (κ1) is 16.8. The molecule has 0 fully saturated rings. The van der Waals surface area contributed by atoms with Gasteiger partial charge in [-0.2, -0.15) is 5.90 Å². The van der Waals surface area contributed by atoms with E-state index in [1.807, 2.05) is 6.92 Å². The van der Waals surface area contributed by atoms with Gasteiger partial charge in [0.05, 0.1) is 0 Å². The van der Waals surface area contributed by atoms with Crippen molar-refractivity contribution in [2.45, 2.75) is 60.3 Å². The standard InChI is InChI=1S/C18H29NO/c1-12(2)15-10-14(18(6,7)8)9-13(16(15)20-19)11-17(3,4)5/h9-10H,1,11,19H2,2-8H3. The molecule has 2 nitrogen and oxygen atoms in total. The zero-order valence-corrected chi connectivity index (χ0v) is 14.1. The van der Waals surface area contributed by atoms with Gasteiger partial charge in [0, 0.05) is 5.56 Å². The Hall–Kier alpha value is -1.28. The quantitative estimate of drug-likeness (QED) is 0.800. The predicted octanol–water partition coefficient (Wildman–Crippen LogP) is 4.86. The lowest BCUT2D eigenvalue weighted by molar-refractivity contribution is 0.321. The monoisotopic (exact) mass is 275 g/mol. The van der Waals surface area contributed by atoms with Gasteiger partial charge < -0.3 is 4.84 Å². The third kappa shape index (κ3) is 4.11. The van der Waals surface area contributed by atoms with Crippen LogP contribution in [0.5, 0.6) is 5.75 Å². The molecule has 112 valence electrons. The maximum absolute atomic E-state index is 5.53. The molecule has 0 heterocycles. The molecule has 0 amide bonds. The number of allylic oxidation sites excluding steroid dienone is 1. The lowest BCUT2D eigenvalue weighted by Crippen LogP contribution is -2.17. The van der Waals surface area contributed by atoms with Crippen LogP contribution in [0, 0.1) is 5.41 Å². The molecule has 0 aromatic heterocycles. The van der Waals surface area contributed by atoms with Crippen molar-refractivity contribution in [3.05, 3.63) is 35.4 Å². The summed E-state index contributed by atoms with van der Waals surface area (Å²) in [7, 11) is 0. The largest absolute Gasteiger partial charge is 0.411 e. The van der Waals surface area contributed by atoms with Gasteiger partial charge in [0.1, 0.15) is 0 Å². The number of hydrogen-bond acceptors (Lipinski definition) is 2. The Morgan fingerprint density at radius 1 is 1.15 bits per heavy atom. The molecular formula is C18H29NO. The Labute approximate surface area is 124 Å². The lowest BCUT2D eigenvalue weighted by Gasteiger charge is -2.26. The molecule has 0 aliphatic carbocycles. The summed E-state index contributed by atoms with van der Waals surface area (Å²) in [4.78, 5) is 5.19. The molecule has 0 bridgehead atoms. The van der Waals surface area contributed by atoms with Crippen molar-refractivity contribution >= 4 is 5.57 Å². The van der Waals surface area contributed by atoms with Gasteiger partial charge in [0.2, 0.25) is 0 Å². The topological polar surface area (TPSA) is 35.2 Å². The average molecular weight is 275 g/mol. The molecule has 2 heteroatoms. The van der Waals surface area contributed by atoms with Crippen LogP contribution in [0.4, 0.5) is 0 Å². The van der Waals surface area contributed by atoms with Crippen molar-refractivity contribution in [2.75, 3.05) is 0 Å². The van der Waals surface area contributed by atoms with Gasteiger partial charge in [-0.05, 0) is 46.9 Å². The summed E-state index contributed by atoms with van der Waals surface area (Å²) in [5.74, 6) is 6.29. The zero-order chi connectivity index (χ0) is 15.7. The van der Waals surface area contributed by atoms with Gasteiger partial charge in [0.15, 0.2) is 5.75 Å². The maximum atomic E-state index is 5.53. The SMILES string of the molecule is C=C(C)c1cc(C(C)(C)C)cc(CC(C)(C)C)c1ON. The number of rotatable bonds is 3. The summed E-state index contributed by atoms with van der Waals surface area (Å²) >= 11 is 0. The van der Waals surface area contributed by atoms with Crippen LogP contribution in [0.3, 0.4) is 0 Å². The minimum Gasteiger partial charge on any atom is -0.411 e. The number of benzene rings is 1. The summed E-state index contributed by atoms with van der Waals surface area (Å²) in [5, 5.41) is 0. The maximum Gasteiger partial charge on any atom is 0.157 e. The highest BCUT2D eigenvalue weighted by molar-refractivity contribution is 5.70. The minimum absolute atomic E-state index is 0.0873. The van der Waals surface area contributed by atoms with E-state index in [0.29, 0.717) is 0 Å². The van der Waals surface area contributed by atoms with Crippen molar-refractivity contribution in [1.29, 1.82) is 0 Å². The molecule has 20 heavy (non-hydrogen) atoms. The third-order valence-electron chi connectivity index (χ3n) is 3.33. The van der Waals surface area contributed by atoms with Gasteiger partial charge in [-0.25, -0.2) is 0 Å². The fourth-order valence-corrected chi connectivity index (χ4v) is 2.28. The highest BCUT2D eigenvalue weighted by atomic mass is 16.6. The fraction of sp³-hybridized carbons (Fsp3) is 0.556. The van der Waals surface area contributed by atoms with Crippen molar-refractivity contribution in [1.82, 2.24) is 0 Å². The van der Waals surface area contributed by atoms with Crippen LogP contribution in [0.1, 0.15) is 65.2 Å².